The quantitative estimate of drug-likeness (QED) is 0.859. The van der Waals surface area contributed by atoms with Gasteiger partial charge in [0.05, 0.1) is 0 Å². The first-order valence-corrected chi connectivity index (χ1v) is 8.17. The normalized spacial score (nSPS) is 22.0. The Kier molecular flexibility index (Phi) is 5.57. The fourth-order valence-electron chi connectivity index (χ4n) is 2.69. The summed E-state index contributed by atoms with van der Waals surface area (Å²) in [6.45, 7) is 3.28. The molecule has 0 saturated carbocycles. The first-order valence-electron chi connectivity index (χ1n) is 7.12. The van der Waals surface area contributed by atoms with Gasteiger partial charge in [0.25, 0.3) is 0 Å². The van der Waals surface area contributed by atoms with Crippen LogP contribution in [0.2, 0.25) is 0 Å². The summed E-state index contributed by atoms with van der Waals surface area (Å²) < 4.78 is 2.14. The summed E-state index contributed by atoms with van der Waals surface area (Å²) in [7, 11) is 2.08. The van der Waals surface area contributed by atoms with Gasteiger partial charge in [-0.15, -0.1) is 0 Å². The summed E-state index contributed by atoms with van der Waals surface area (Å²) in [4.78, 5) is 4.42. The van der Waals surface area contributed by atoms with Crippen LogP contribution in [0.5, 0.6) is 0 Å². The summed E-state index contributed by atoms with van der Waals surface area (Å²) in [5.41, 5.74) is 0. The van der Waals surface area contributed by atoms with Crippen molar-refractivity contribution in [3.8, 4) is 0 Å². The maximum atomic E-state index is 4.42. The maximum absolute atomic E-state index is 4.42. The second-order valence-electron chi connectivity index (χ2n) is 5.06. The van der Waals surface area contributed by atoms with Crippen molar-refractivity contribution in [3.05, 3.63) is 18.2 Å². The van der Waals surface area contributed by atoms with Gasteiger partial charge in [-0.3, -0.25) is 0 Å². The number of aryl methyl sites for hydroxylation is 2. The minimum absolute atomic E-state index is 0.650. The number of nitrogens with zero attached hydrogens (tertiary/aromatic N) is 2. The van der Waals surface area contributed by atoms with Gasteiger partial charge in [-0.05, 0) is 31.6 Å². The zero-order chi connectivity index (χ0) is 12.8. The van der Waals surface area contributed by atoms with Gasteiger partial charge in [-0.2, -0.15) is 11.8 Å². The number of nitrogens with one attached hydrogen (secondary N) is 1. The maximum Gasteiger partial charge on any atom is 0.108 e. The van der Waals surface area contributed by atoms with Crippen molar-refractivity contribution in [2.45, 2.75) is 50.3 Å². The van der Waals surface area contributed by atoms with E-state index in [-0.39, 0.29) is 0 Å². The molecule has 0 spiro atoms. The molecule has 1 aliphatic rings. The van der Waals surface area contributed by atoms with E-state index >= 15 is 0 Å². The molecule has 2 atom stereocenters. The van der Waals surface area contributed by atoms with Crippen LogP contribution in [0.3, 0.4) is 0 Å². The van der Waals surface area contributed by atoms with Crippen LogP contribution in [-0.2, 0) is 13.5 Å². The number of hydrogen-bond donors (Lipinski definition) is 1. The highest BCUT2D eigenvalue weighted by atomic mass is 32.2. The molecule has 1 aliphatic heterocycles. The van der Waals surface area contributed by atoms with E-state index in [0.29, 0.717) is 6.04 Å². The molecule has 1 fully saturated rings. The number of aromatic nitrogens is 2. The Balaban J connectivity index is 1.87. The molecule has 1 saturated heterocycles. The van der Waals surface area contributed by atoms with Crippen molar-refractivity contribution >= 4 is 11.8 Å². The van der Waals surface area contributed by atoms with Crippen LogP contribution >= 0.6 is 11.8 Å². The van der Waals surface area contributed by atoms with E-state index < -0.39 is 0 Å². The molecule has 18 heavy (non-hydrogen) atoms. The average Bonchev–Trinajstić information content (AvgIpc) is 2.81. The van der Waals surface area contributed by atoms with Gasteiger partial charge >= 0.3 is 0 Å². The Morgan fingerprint density at radius 2 is 2.44 bits per heavy atom. The first-order chi connectivity index (χ1) is 8.81. The highest BCUT2D eigenvalue weighted by Crippen LogP contribution is 2.29. The fraction of sp³-hybridized carbons (Fsp3) is 0.786. The van der Waals surface area contributed by atoms with Crippen LogP contribution in [0, 0.1) is 0 Å². The Hall–Kier alpha value is -0.480. The monoisotopic (exact) mass is 267 g/mol. The van der Waals surface area contributed by atoms with Crippen LogP contribution in [0.15, 0.2) is 12.4 Å². The van der Waals surface area contributed by atoms with Crippen molar-refractivity contribution < 1.29 is 0 Å². The zero-order valence-corrected chi connectivity index (χ0v) is 12.4. The van der Waals surface area contributed by atoms with Gasteiger partial charge in [0.2, 0.25) is 0 Å². The van der Waals surface area contributed by atoms with E-state index in [9.17, 15) is 0 Å². The smallest absolute Gasteiger partial charge is 0.108 e. The second-order valence-corrected chi connectivity index (χ2v) is 6.41. The second kappa shape index (κ2) is 7.19. The molecule has 102 valence electrons. The largest absolute Gasteiger partial charge is 0.338 e. The lowest BCUT2D eigenvalue weighted by Crippen LogP contribution is -2.39. The van der Waals surface area contributed by atoms with Crippen molar-refractivity contribution in [1.82, 2.24) is 14.9 Å². The van der Waals surface area contributed by atoms with Gasteiger partial charge in [-0.25, -0.2) is 4.98 Å². The van der Waals surface area contributed by atoms with Crippen molar-refractivity contribution in [2.75, 3.05) is 12.3 Å². The summed E-state index contributed by atoms with van der Waals surface area (Å²) in [5, 5.41) is 4.48. The van der Waals surface area contributed by atoms with Crippen molar-refractivity contribution in [3.63, 3.8) is 0 Å². The third kappa shape index (κ3) is 3.75. The predicted octanol–water partition coefficient (Wildman–Crippen LogP) is 2.62. The standard InChI is InChI=1S/C14H25N3S/c1-3-15-12(13-6-4-5-11-18-13)7-8-14-16-9-10-17(14)2/h9-10,12-13,15H,3-8,11H2,1-2H3. The number of rotatable bonds is 6. The van der Waals surface area contributed by atoms with E-state index in [0.717, 1.165) is 18.2 Å². The van der Waals surface area contributed by atoms with Crippen molar-refractivity contribution in [2.24, 2.45) is 7.05 Å². The molecular weight excluding hydrogens is 242 g/mol. The molecule has 1 N–H and O–H groups in total. The lowest BCUT2D eigenvalue weighted by molar-refractivity contribution is 0.444. The van der Waals surface area contributed by atoms with E-state index in [1.807, 2.05) is 12.4 Å². The summed E-state index contributed by atoms with van der Waals surface area (Å²) in [6, 6.07) is 0.650. The highest BCUT2D eigenvalue weighted by Gasteiger charge is 2.23. The summed E-state index contributed by atoms with van der Waals surface area (Å²) in [5.74, 6) is 2.55. The van der Waals surface area contributed by atoms with Gasteiger partial charge < -0.3 is 9.88 Å². The molecule has 0 bridgehead atoms. The molecule has 2 rings (SSSR count). The van der Waals surface area contributed by atoms with E-state index in [1.165, 1.54) is 37.3 Å². The van der Waals surface area contributed by atoms with Gasteiger partial charge in [-0.1, -0.05) is 13.3 Å². The number of imidazole rings is 1. The van der Waals surface area contributed by atoms with Crippen LogP contribution in [0.25, 0.3) is 0 Å². The molecule has 3 nitrogen and oxygen atoms in total. The molecule has 2 heterocycles. The van der Waals surface area contributed by atoms with Crippen LogP contribution in [0.4, 0.5) is 0 Å². The van der Waals surface area contributed by atoms with Gasteiger partial charge in [0.1, 0.15) is 5.82 Å². The lowest BCUT2D eigenvalue weighted by Gasteiger charge is -2.30. The summed E-state index contributed by atoms with van der Waals surface area (Å²) >= 11 is 2.16. The molecule has 0 aliphatic carbocycles. The topological polar surface area (TPSA) is 29.9 Å². The van der Waals surface area contributed by atoms with Crippen LogP contribution < -0.4 is 5.32 Å². The Bertz CT molecular complexity index is 345. The Labute approximate surface area is 115 Å². The highest BCUT2D eigenvalue weighted by molar-refractivity contribution is 8.00. The molecule has 2 unspecified atom stereocenters. The van der Waals surface area contributed by atoms with Crippen LogP contribution in [0.1, 0.15) is 38.4 Å². The predicted molar refractivity (Wildman–Crippen MR) is 79.1 cm³/mol. The molecule has 1 aromatic heterocycles. The average molecular weight is 267 g/mol. The molecule has 0 amide bonds. The van der Waals surface area contributed by atoms with E-state index in [2.05, 4.69) is 40.6 Å². The zero-order valence-electron chi connectivity index (χ0n) is 11.6. The molecule has 0 radical (unpaired) electrons. The molecule has 1 aromatic rings. The third-order valence-corrected chi connectivity index (χ3v) is 5.25. The molecular formula is C14H25N3S. The third-order valence-electron chi connectivity index (χ3n) is 3.73. The fourth-order valence-corrected chi connectivity index (χ4v) is 4.16. The minimum atomic E-state index is 0.650. The van der Waals surface area contributed by atoms with E-state index in [1.54, 1.807) is 0 Å². The molecule has 0 aromatic carbocycles. The minimum Gasteiger partial charge on any atom is -0.338 e. The van der Waals surface area contributed by atoms with Crippen LogP contribution in [-0.4, -0.2) is 33.1 Å². The Morgan fingerprint density at radius 1 is 1.56 bits per heavy atom. The molecule has 4 heteroatoms. The van der Waals surface area contributed by atoms with E-state index in [4.69, 9.17) is 0 Å². The van der Waals surface area contributed by atoms with Gasteiger partial charge in [0, 0.05) is 37.2 Å². The first kappa shape index (κ1) is 13.9. The SMILES string of the molecule is CCNC(CCc1nccn1C)C1CCCCS1. The van der Waals surface area contributed by atoms with Crippen molar-refractivity contribution in [1.29, 1.82) is 0 Å². The number of hydrogen-bond acceptors (Lipinski definition) is 3. The Morgan fingerprint density at radius 3 is 3.06 bits per heavy atom. The number of thioether (sulfide) groups is 1. The lowest BCUT2D eigenvalue weighted by atomic mass is 10.0. The van der Waals surface area contributed by atoms with Gasteiger partial charge in [0.15, 0.2) is 0 Å². The summed E-state index contributed by atoms with van der Waals surface area (Å²) in [6.07, 6.45) is 10.4.